The molecule has 0 aliphatic heterocycles. The van der Waals surface area contributed by atoms with Crippen molar-refractivity contribution in [2.24, 2.45) is 0 Å². The molecular formula is C14H17BrN2O5. The fraction of sp³-hybridized carbons (Fsp3) is 0.429. The number of nitrogens with zero attached hydrogens (tertiary/aromatic N) is 2. The number of ether oxygens (including phenoxy) is 1. The van der Waals surface area contributed by atoms with Crippen molar-refractivity contribution in [1.82, 2.24) is 9.88 Å². The highest BCUT2D eigenvalue weighted by Gasteiger charge is 2.30. The van der Waals surface area contributed by atoms with Crippen molar-refractivity contribution in [2.75, 3.05) is 6.54 Å². The van der Waals surface area contributed by atoms with Gasteiger partial charge < -0.3 is 9.84 Å². The maximum atomic E-state index is 12.4. The van der Waals surface area contributed by atoms with Crippen LogP contribution >= 0.6 is 15.9 Å². The molecule has 0 unspecified atom stereocenters. The molecule has 0 aliphatic rings. The summed E-state index contributed by atoms with van der Waals surface area (Å²) < 4.78 is 5.76. The molecule has 0 bridgehead atoms. The second-order valence-corrected chi connectivity index (χ2v) is 6.38. The Morgan fingerprint density at radius 2 is 1.91 bits per heavy atom. The minimum atomic E-state index is -1.33. The zero-order valence-corrected chi connectivity index (χ0v) is 14.3. The van der Waals surface area contributed by atoms with Crippen molar-refractivity contribution in [1.29, 1.82) is 0 Å². The van der Waals surface area contributed by atoms with Crippen LogP contribution in [0.3, 0.4) is 0 Å². The Bertz CT molecular complexity index is 610. The number of hydrogen-bond donors (Lipinski definition) is 1. The lowest BCUT2D eigenvalue weighted by molar-refractivity contribution is -0.137. The van der Waals surface area contributed by atoms with Crippen LogP contribution in [0.4, 0.5) is 4.79 Å². The number of imide groups is 1. The zero-order chi connectivity index (χ0) is 17.1. The fourth-order valence-corrected chi connectivity index (χ4v) is 1.69. The first kappa shape index (κ1) is 18.1. The summed E-state index contributed by atoms with van der Waals surface area (Å²) in [5, 5.41) is 8.90. The number of halogens is 1. The van der Waals surface area contributed by atoms with E-state index in [-0.39, 0.29) is 5.69 Å². The predicted molar refractivity (Wildman–Crippen MR) is 81.6 cm³/mol. The van der Waals surface area contributed by atoms with E-state index in [4.69, 9.17) is 9.84 Å². The molecule has 2 amide bonds. The highest BCUT2D eigenvalue weighted by molar-refractivity contribution is 9.10. The summed E-state index contributed by atoms with van der Waals surface area (Å²) in [7, 11) is 0. The van der Waals surface area contributed by atoms with Crippen LogP contribution in [-0.2, 0) is 9.53 Å². The Labute approximate surface area is 136 Å². The number of carbonyl (C=O) groups excluding carboxylic acids is 2. The average Bonchev–Trinajstić information content (AvgIpc) is 2.36. The number of pyridine rings is 1. The smallest absolute Gasteiger partial charge is 0.417 e. The molecule has 0 saturated heterocycles. The lowest BCUT2D eigenvalue weighted by Crippen LogP contribution is -2.44. The van der Waals surface area contributed by atoms with Crippen LogP contribution in [0.25, 0.3) is 0 Å². The summed E-state index contributed by atoms with van der Waals surface area (Å²) in [5.41, 5.74) is -0.338. The normalized spacial score (nSPS) is 11.0. The molecule has 22 heavy (non-hydrogen) atoms. The van der Waals surface area contributed by atoms with Gasteiger partial charge >= 0.3 is 12.1 Å². The standard InChI is InChI=1S/C14H17BrN2O5/c1-8-9(15)5-6-10(16-8)12(20)17(7-11(18)19)13(21)22-14(2,3)4/h5-6H,7H2,1-4H3,(H,18,19). The highest BCUT2D eigenvalue weighted by atomic mass is 79.9. The first-order valence-electron chi connectivity index (χ1n) is 6.41. The summed E-state index contributed by atoms with van der Waals surface area (Å²) >= 11 is 3.25. The molecule has 1 N–H and O–H groups in total. The molecular weight excluding hydrogens is 356 g/mol. The van der Waals surface area contributed by atoms with Crippen LogP contribution in [0, 0.1) is 6.92 Å². The van der Waals surface area contributed by atoms with Gasteiger partial charge in [-0.2, -0.15) is 0 Å². The maximum Gasteiger partial charge on any atom is 0.417 e. The molecule has 1 heterocycles. The number of carboxylic acid groups (broad SMARTS) is 1. The topological polar surface area (TPSA) is 96.8 Å². The third kappa shape index (κ3) is 5.10. The van der Waals surface area contributed by atoms with Gasteiger partial charge in [-0.1, -0.05) is 0 Å². The fourth-order valence-electron chi connectivity index (χ4n) is 1.47. The minimum absolute atomic E-state index is 0.0344. The van der Waals surface area contributed by atoms with Gasteiger partial charge in [0.05, 0.1) is 5.69 Å². The molecule has 1 aromatic rings. The third-order valence-electron chi connectivity index (χ3n) is 2.39. The molecule has 0 spiro atoms. The van der Waals surface area contributed by atoms with Crippen molar-refractivity contribution in [3.05, 3.63) is 28.0 Å². The van der Waals surface area contributed by atoms with Crippen molar-refractivity contribution in [2.45, 2.75) is 33.3 Å². The lowest BCUT2D eigenvalue weighted by atomic mass is 10.2. The number of carbonyl (C=O) groups is 3. The van der Waals surface area contributed by atoms with E-state index in [1.54, 1.807) is 33.8 Å². The van der Waals surface area contributed by atoms with E-state index in [1.165, 1.54) is 6.07 Å². The van der Waals surface area contributed by atoms with Crippen LogP contribution in [0.2, 0.25) is 0 Å². The second kappa shape index (κ2) is 6.87. The molecule has 7 nitrogen and oxygen atoms in total. The van der Waals surface area contributed by atoms with Gasteiger partial charge in [0.25, 0.3) is 5.91 Å². The summed E-state index contributed by atoms with van der Waals surface area (Å²) in [6.07, 6.45) is -1.03. The Hall–Kier alpha value is -1.96. The van der Waals surface area contributed by atoms with Crippen LogP contribution in [-0.4, -0.2) is 45.1 Å². The quantitative estimate of drug-likeness (QED) is 0.875. The van der Waals surface area contributed by atoms with E-state index in [0.717, 1.165) is 0 Å². The molecule has 1 rings (SSSR count). The van der Waals surface area contributed by atoms with E-state index in [2.05, 4.69) is 20.9 Å². The van der Waals surface area contributed by atoms with Gasteiger partial charge in [0.2, 0.25) is 0 Å². The Kier molecular flexibility index (Phi) is 5.65. The van der Waals surface area contributed by atoms with Crippen molar-refractivity contribution in [3.8, 4) is 0 Å². The predicted octanol–water partition coefficient (Wildman–Crippen LogP) is 2.61. The van der Waals surface area contributed by atoms with Gasteiger partial charge in [-0.15, -0.1) is 0 Å². The first-order chi connectivity index (χ1) is 10.0. The largest absolute Gasteiger partial charge is 0.480 e. The second-order valence-electron chi connectivity index (χ2n) is 5.53. The lowest BCUT2D eigenvalue weighted by Gasteiger charge is -2.25. The Balaban J connectivity index is 3.09. The average molecular weight is 373 g/mol. The molecule has 0 radical (unpaired) electrons. The molecule has 0 atom stereocenters. The van der Waals surface area contributed by atoms with Crippen molar-refractivity contribution in [3.63, 3.8) is 0 Å². The van der Waals surface area contributed by atoms with Gasteiger partial charge in [-0.25, -0.2) is 14.7 Å². The van der Waals surface area contributed by atoms with E-state index in [9.17, 15) is 14.4 Å². The molecule has 0 aromatic carbocycles. The highest BCUT2D eigenvalue weighted by Crippen LogP contribution is 2.16. The first-order valence-corrected chi connectivity index (χ1v) is 7.20. The molecule has 0 saturated carbocycles. The van der Waals surface area contributed by atoms with Crippen LogP contribution < -0.4 is 0 Å². The monoisotopic (exact) mass is 372 g/mol. The van der Waals surface area contributed by atoms with Gasteiger partial charge in [-0.3, -0.25) is 9.59 Å². The molecule has 8 heteroatoms. The zero-order valence-electron chi connectivity index (χ0n) is 12.7. The molecule has 0 aliphatic carbocycles. The minimum Gasteiger partial charge on any atom is -0.480 e. The van der Waals surface area contributed by atoms with Gasteiger partial charge in [0, 0.05) is 4.47 Å². The van der Waals surface area contributed by atoms with E-state index in [0.29, 0.717) is 15.1 Å². The Morgan fingerprint density at radius 3 is 2.36 bits per heavy atom. The van der Waals surface area contributed by atoms with E-state index in [1.807, 2.05) is 0 Å². The number of amides is 2. The number of hydrogen-bond acceptors (Lipinski definition) is 5. The summed E-state index contributed by atoms with van der Waals surface area (Å²) in [4.78, 5) is 39.9. The van der Waals surface area contributed by atoms with Gasteiger partial charge in [0.15, 0.2) is 0 Å². The number of carboxylic acids is 1. The van der Waals surface area contributed by atoms with E-state index >= 15 is 0 Å². The molecule has 120 valence electrons. The summed E-state index contributed by atoms with van der Waals surface area (Å²) in [6.45, 7) is 5.74. The summed E-state index contributed by atoms with van der Waals surface area (Å²) in [5.74, 6) is -2.15. The number of aliphatic carboxylic acids is 1. The van der Waals surface area contributed by atoms with E-state index < -0.39 is 30.1 Å². The summed E-state index contributed by atoms with van der Waals surface area (Å²) in [6, 6.07) is 3.00. The molecule has 0 fully saturated rings. The number of aryl methyl sites for hydroxylation is 1. The SMILES string of the molecule is Cc1nc(C(=O)N(CC(=O)O)C(=O)OC(C)(C)C)ccc1Br. The van der Waals surface area contributed by atoms with Crippen LogP contribution in [0.15, 0.2) is 16.6 Å². The molecule has 1 aromatic heterocycles. The van der Waals surface area contributed by atoms with Gasteiger partial charge in [0.1, 0.15) is 17.8 Å². The Morgan fingerprint density at radius 1 is 1.32 bits per heavy atom. The maximum absolute atomic E-state index is 12.4. The van der Waals surface area contributed by atoms with Crippen molar-refractivity contribution >= 4 is 33.9 Å². The third-order valence-corrected chi connectivity index (χ3v) is 3.23. The van der Waals surface area contributed by atoms with Crippen LogP contribution in [0.1, 0.15) is 37.0 Å². The number of rotatable bonds is 3. The van der Waals surface area contributed by atoms with Crippen LogP contribution in [0.5, 0.6) is 0 Å². The van der Waals surface area contributed by atoms with Crippen molar-refractivity contribution < 1.29 is 24.2 Å². The number of aromatic nitrogens is 1. The van der Waals surface area contributed by atoms with Gasteiger partial charge in [-0.05, 0) is 55.8 Å².